The van der Waals surface area contributed by atoms with E-state index < -0.39 is 17.9 Å². The maximum absolute atomic E-state index is 10.7. The van der Waals surface area contributed by atoms with Crippen molar-refractivity contribution in [2.24, 2.45) is 0 Å². The van der Waals surface area contributed by atoms with Gasteiger partial charge in [-0.25, -0.2) is 9.59 Å². The topological polar surface area (TPSA) is 93.1 Å². The van der Waals surface area contributed by atoms with Gasteiger partial charge in [-0.15, -0.1) is 0 Å². The SMILES string of the molecule is O=C1OC(O)(CCCCCCCCCO)OC1=O. The van der Waals surface area contributed by atoms with E-state index in [0.717, 1.165) is 38.5 Å². The summed E-state index contributed by atoms with van der Waals surface area (Å²) in [6.07, 6.45) is 6.62. The first kappa shape index (κ1) is 14.9. The van der Waals surface area contributed by atoms with Crippen molar-refractivity contribution in [2.75, 3.05) is 6.61 Å². The van der Waals surface area contributed by atoms with Crippen LogP contribution < -0.4 is 0 Å². The molecule has 1 saturated heterocycles. The van der Waals surface area contributed by atoms with Crippen molar-refractivity contribution >= 4 is 11.9 Å². The molecular formula is C12H20O6. The molecule has 1 aliphatic heterocycles. The van der Waals surface area contributed by atoms with Crippen molar-refractivity contribution in [3.8, 4) is 0 Å². The number of carbonyl (C=O) groups excluding carboxylic acids is 2. The molecule has 18 heavy (non-hydrogen) atoms. The standard InChI is InChI=1S/C12H20O6/c13-9-7-5-3-1-2-4-6-8-12(16)17-10(14)11(15)18-12/h13,16H,1-9H2. The van der Waals surface area contributed by atoms with Gasteiger partial charge in [-0.1, -0.05) is 32.1 Å². The third-order valence-corrected chi connectivity index (χ3v) is 2.82. The van der Waals surface area contributed by atoms with Crippen LogP contribution in [0, 0.1) is 0 Å². The van der Waals surface area contributed by atoms with Gasteiger partial charge < -0.3 is 19.7 Å². The molecule has 1 heterocycles. The molecule has 0 aromatic heterocycles. The number of esters is 2. The lowest BCUT2D eigenvalue weighted by Crippen LogP contribution is -2.29. The molecular weight excluding hydrogens is 240 g/mol. The van der Waals surface area contributed by atoms with E-state index in [0.29, 0.717) is 6.42 Å². The van der Waals surface area contributed by atoms with E-state index in [1.54, 1.807) is 0 Å². The number of aliphatic hydroxyl groups is 2. The molecule has 1 aliphatic rings. The lowest BCUT2D eigenvalue weighted by atomic mass is 10.1. The third-order valence-electron chi connectivity index (χ3n) is 2.82. The third kappa shape index (κ3) is 5.01. The van der Waals surface area contributed by atoms with Gasteiger partial charge in [0.15, 0.2) is 0 Å². The Balaban J connectivity index is 2.01. The van der Waals surface area contributed by atoms with E-state index in [-0.39, 0.29) is 13.0 Å². The number of carbonyl (C=O) groups is 2. The van der Waals surface area contributed by atoms with Crippen LogP contribution in [0.5, 0.6) is 0 Å². The van der Waals surface area contributed by atoms with Gasteiger partial charge in [0.25, 0.3) is 0 Å². The van der Waals surface area contributed by atoms with E-state index in [4.69, 9.17) is 5.11 Å². The quantitative estimate of drug-likeness (QED) is 0.362. The van der Waals surface area contributed by atoms with Gasteiger partial charge in [-0.05, 0) is 12.8 Å². The van der Waals surface area contributed by atoms with Crippen molar-refractivity contribution in [1.29, 1.82) is 0 Å². The molecule has 0 radical (unpaired) electrons. The Hall–Kier alpha value is -1.14. The average Bonchev–Trinajstić information content (AvgIpc) is 2.57. The van der Waals surface area contributed by atoms with E-state index >= 15 is 0 Å². The molecule has 0 spiro atoms. The minimum absolute atomic E-state index is 0.112. The number of rotatable bonds is 9. The molecule has 0 amide bonds. The highest BCUT2D eigenvalue weighted by Gasteiger charge is 2.46. The second-order valence-electron chi connectivity index (χ2n) is 4.44. The predicted octanol–water partition coefficient (Wildman–Crippen LogP) is 0.846. The van der Waals surface area contributed by atoms with Crippen molar-refractivity contribution in [3.63, 3.8) is 0 Å². The summed E-state index contributed by atoms with van der Waals surface area (Å²) in [6.45, 7) is 0.240. The van der Waals surface area contributed by atoms with Crippen LogP contribution >= 0.6 is 0 Å². The number of unbranched alkanes of at least 4 members (excludes halogenated alkanes) is 6. The molecule has 0 bridgehead atoms. The Kier molecular flexibility index (Phi) is 6.07. The smallest absolute Gasteiger partial charge is 0.396 e. The molecule has 6 heteroatoms. The van der Waals surface area contributed by atoms with Gasteiger partial charge >= 0.3 is 17.9 Å². The first-order valence-corrected chi connectivity index (χ1v) is 6.37. The van der Waals surface area contributed by atoms with Gasteiger partial charge in [0.1, 0.15) is 0 Å². The molecule has 104 valence electrons. The highest BCUT2D eigenvalue weighted by molar-refractivity contribution is 6.31. The molecule has 0 aliphatic carbocycles. The van der Waals surface area contributed by atoms with Gasteiger partial charge in [0.2, 0.25) is 0 Å². The van der Waals surface area contributed by atoms with Gasteiger partial charge in [-0.2, -0.15) is 0 Å². The van der Waals surface area contributed by atoms with Crippen LogP contribution in [-0.2, 0) is 19.1 Å². The maximum Gasteiger partial charge on any atom is 0.422 e. The summed E-state index contributed by atoms with van der Waals surface area (Å²) in [5, 5.41) is 18.2. The largest absolute Gasteiger partial charge is 0.422 e. The normalized spacial score (nSPS) is 17.7. The molecule has 1 rings (SSSR count). The zero-order valence-corrected chi connectivity index (χ0v) is 10.4. The summed E-state index contributed by atoms with van der Waals surface area (Å²) >= 11 is 0. The van der Waals surface area contributed by atoms with Crippen LogP contribution in [-0.4, -0.2) is 34.7 Å². The number of aliphatic hydroxyl groups excluding tert-OH is 1. The Morgan fingerprint density at radius 3 is 1.78 bits per heavy atom. The lowest BCUT2D eigenvalue weighted by molar-refractivity contribution is -0.295. The second kappa shape index (κ2) is 7.33. The monoisotopic (exact) mass is 260 g/mol. The maximum atomic E-state index is 10.7. The van der Waals surface area contributed by atoms with E-state index in [2.05, 4.69) is 9.47 Å². The molecule has 0 aromatic rings. The molecule has 0 saturated carbocycles. The van der Waals surface area contributed by atoms with Crippen LogP contribution in [0.4, 0.5) is 0 Å². The summed E-state index contributed by atoms with van der Waals surface area (Å²) in [7, 11) is 0. The number of cyclic esters (lactones) is 2. The van der Waals surface area contributed by atoms with Crippen LogP contribution in [0.25, 0.3) is 0 Å². The Bertz CT molecular complexity index is 272. The molecule has 2 N–H and O–H groups in total. The molecule has 6 nitrogen and oxygen atoms in total. The minimum Gasteiger partial charge on any atom is -0.396 e. The van der Waals surface area contributed by atoms with E-state index in [9.17, 15) is 14.7 Å². The summed E-state index contributed by atoms with van der Waals surface area (Å²) < 4.78 is 8.88. The fourth-order valence-electron chi connectivity index (χ4n) is 1.84. The minimum atomic E-state index is -2.05. The molecule has 0 unspecified atom stereocenters. The lowest BCUT2D eigenvalue weighted by Gasteiger charge is -2.17. The summed E-state index contributed by atoms with van der Waals surface area (Å²) in [6, 6.07) is 0. The Morgan fingerprint density at radius 1 is 0.833 bits per heavy atom. The number of ether oxygens (including phenoxy) is 2. The summed E-state index contributed by atoms with van der Waals surface area (Å²) in [4.78, 5) is 21.5. The summed E-state index contributed by atoms with van der Waals surface area (Å²) in [5.74, 6) is -4.33. The number of hydrogen-bond acceptors (Lipinski definition) is 6. The van der Waals surface area contributed by atoms with Crippen molar-refractivity contribution in [1.82, 2.24) is 0 Å². The van der Waals surface area contributed by atoms with Crippen molar-refractivity contribution < 1.29 is 29.3 Å². The molecule has 1 fully saturated rings. The van der Waals surface area contributed by atoms with Gasteiger partial charge in [0, 0.05) is 6.61 Å². The first-order valence-electron chi connectivity index (χ1n) is 6.37. The second-order valence-corrected chi connectivity index (χ2v) is 4.44. The average molecular weight is 260 g/mol. The molecule has 0 aromatic carbocycles. The highest BCUT2D eigenvalue weighted by atomic mass is 16.9. The molecule has 0 atom stereocenters. The van der Waals surface area contributed by atoms with Crippen LogP contribution in [0.1, 0.15) is 51.4 Å². The van der Waals surface area contributed by atoms with E-state index in [1.807, 2.05) is 0 Å². The van der Waals surface area contributed by atoms with Crippen LogP contribution in [0.2, 0.25) is 0 Å². The van der Waals surface area contributed by atoms with Crippen LogP contribution in [0.3, 0.4) is 0 Å². The number of hydrogen-bond donors (Lipinski definition) is 2. The zero-order valence-electron chi connectivity index (χ0n) is 10.4. The first-order chi connectivity index (χ1) is 8.57. The Labute approximate surface area is 106 Å². The van der Waals surface area contributed by atoms with Crippen LogP contribution in [0.15, 0.2) is 0 Å². The Morgan fingerprint density at radius 2 is 1.28 bits per heavy atom. The van der Waals surface area contributed by atoms with Crippen molar-refractivity contribution in [2.45, 2.75) is 57.3 Å². The summed E-state index contributed by atoms with van der Waals surface area (Å²) in [5.41, 5.74) is 0. The van der Waals surface area contributed by atoms with Gasteiger partial charge in [0.05, 0.1) is 6.42 Å². The van der Waals surface area contributed by atoms with E-state index in [1.165, 1.54) is 0 Å². The van der Waals surface area contributed by atoms with Crippen molar-refractivity contribution in [3.05, 3.63) is 0 Å². The predicted molar refractivity (Wildman–Crippen MR) is 61.2 cm³/mol. The zero-order chi connectivity index (χ0) is 13.4. The fourth-order valence-corrected chi connectivity index (χ4v) is 1.84. The fraction of sp³-hybridized carbons (Fsp3) is 0.833. The highest BCUT2D eigenvalue weighted by Crippen LogP contribution is 2.24. The van der Waals surface area contributed by atoms with Gasteiger partial charge in [-0.3, -0.25) is 0 Å².